The van der Waals surface area contributed by atoms with Crippen LogP contribution in [0, 0.1) is 6.92 Å². The van der Waals surface area contributed by atoms with Crippen molar-refractivity contribution < 1.29 is 40.7 Å². The fourth-order valence-electron chi connectivity index (χ4n) is 3.52. The highest BCUT2D eigenvalue weighted by molar-refractivity contribution is 6.00. The number of benzene rings is 2. The van der Waals surface area contributed by atoms with Gasteiger partial charge in [-0.3, -0.25) is 0 Å². The van der Waals surface area contributed by atoms with Crippen LogP contribution in [0.25, 0.3) is 27.1 Å². The lowest BCUT2D eigenvalue weighted by molar-refractivity contribution is -0.509. The maximum Gasteiger partial charge on any atom is 0.219 e. The molecular weight excluding hydrogens is 410 g/mol. The normalized spacial score (nSPS) is 10.8. The number of phenols is 1. The second-order valence-electron chi connectivity index (χ2n) is 6.25. The van der Waals surface area contributed by atoms with Crippen LogP contribution >= 0.6 is 0 Å². The van der Waals surface area contributed by atoms with Crippen molar-refractivity contribution in [3.8, 4) is 23.0 Å². The average molecular weight is 430 g/mol. The lowest BCUT2D eigenvalue weighted by Crippen LogP contribution is -3.00. The van der Waals surface area contributed by atoms with E-state index < -0.39 is 0 Å². The van der Waals surface area contributed by atoms with E-state index in [1.165, 1.54) is 0 Å². The Morgan fingerprint density at radius 2 is 1.56 bits per heavy atom. The zero-order chi connectivity index (χ0) is 18.4. The summed E-state index contributed by atoms with van der Waals surface area (Å²) >= 11 is 0. The number of pyridine rings is 2. The minimum Gasteiger partial charge on any atom is -1.00 e. The van der Waals surface area contributed by atoms with Crippen LogP contribution in [0.4, 0.5) is 0 Å². The van der Waals surface area contributed by atoms with Crippen LogP contribution < -0.4 is 35.6 Å². The number of hydrogen-bond donors (Lipinski definition) is 1. The number of phenolic OH excluding ortho intramolecular Hbond substituents is 1. The first kappa shape index (κ1) is 19.0. The van der Waals surface area contributed by atoms with E-state index in [2.05, 4.69) is 6.07 Å². The maximum absolute atomic E-state index is 10.6. The summed E-state index contributed by atoms with van der Waals surface area (Å²) in [7, 11) is 4.83. The number of ether oxygens (including phenoxy) is 3. The molecule has 2 heterocycles. The molecule has 27 heavy (non-hydrogen) atoms. The number of halogens is 1. The third-order valence-corrected chi connectivity index (χ3v) is 4.80. The van der Waals surface area contributed by atoms with Crippen LogP contribution in [-0.4, -0.2) is 26.4 Å². The Bertz CT molecular complexity index is 1170. The van der Waals surface area contributed by atoms with Gasteiger partial charge in [-0.25, -0.2) is 0 Å². The van der Waals surface area contributed by atoms with Crippen LogP contribution in [-0.2, 0) is 0 Å². The highest BCUT2D eigenvalue weighted by Crippen LogP contribution is 2.38. The molecule has 0 atom stereocenters. The molecule has 5 nitrogen and oxygen atoms in total. The number of nitrogens with zero attached hydrogens (tertiary/aromatic N) is 1. The van der Waals surface area contributed by atoms with Gasteiger partial charge in [0.2, 0.25) is 5.52 Å². The summed E-state index contributed by atoms with van der Waals surface area (Å²) in [5.41, 5.74) is 1.90. The van der Waals surface area contributed by atoms with E-state index in [-0.39, 0.29) is 22.7 Å². The SMILES string of the molecule is COc1cc2cc[n+]3cc4c(O)c(OC)c(C)cc4cc3c2cc1OC.[Br-]. The number of methoxy groups -OCH3 is 3. The zero-order valence-electron chi connectivity index (χ0n) is 15.5. The van der Waals surface area contributed by atoms with Crippen LogP contribution in [0.2, 0.25) is 0 Å². The fourth-order valence-corrected chi connectivity index (χ4v) is 3.52. The first-order valence-corrected chi connectivity index (χ1v) is 8.27. The van der Waals surface area contributed by atoms with Gasteiger partial charge < -0.3 is 36.3 Å². The molecule has 0 saturated heterocycles. The van der Waals surface area contributed by atoms with Gasteiger partial charge >= 0.3 is 0 Å². The van der Waals surface area contributed by atoms with E-state index in [0.29, 0.717) is 17.2 Å². The molecule has 0 bridgehead atoms. The molecule has 0 amide bonds. The van der Waals surface area contributed by atoms with Gasteiger partial charge in [0.25, 0.3) is 0 Å². The van der Waals surface area contributed by atoms with Gasteiger partial charge in [-0.1, -0.05) is 0 Å². The molecule has 140 valence electrons. The van der Waals surface area contributed by atoms with Crippen molar-refractivity contribution in [1.29, 1.82) is 0 Å². The standard InChI is InChI=1S/C21H19NO4.BrH/c1-12-7-14-8-17-15-10-19(25-3)18(24-2)9-13(15)5-6-22(17)11-16(14)20(23)21(12)26-4;/h5-11H,1-4H3;1H. The van der Waals surface area contributed by atoms with Crippen molar-refractivity contribution in [2.24, 2.45) is 0 Å². The predicted octanol–water partition coefficient (Wildman–Crippen LogP) is 0.776. The Balaban J connectivity index is 0.00000210. The molecule has 0 saturated carbocycles. The van der Waals surface area contributed by atoms with Crippen LogP contribution in [0.5, 0.6) is 23.0 Å². The van der Waals surface area contributed by atoms with E-state index in [0.717, 1.165) is 32.6 Å². The molecule has 4 aromatic rings. The number of rotatable bonds is 3. The molecule has 1 N–H and O–H groups in total. The van der Waals surface area contributed by atoms with Gasteiger partial charge in [-0.2, -0.15) is 4.40 Å². The number of fused-ring (bicyclic) bond motifs is 4. The summed E-state index contributed by atoms with van der Waals surface area (Å²) < 4.78 is 18.2. The molecule has 2 aromatic carbocycles. The quantitative estimate of drug-likeness (QED) is 0.297. The molecule has 4 rings (SSSR count). The third-order valence-electron chi connectivity index (χ3n) is 4.80. The van der Waals surface area contributed by atoms with E-state index in [1.54, 1.807) is 21.3 Å². The van der Waals surface area contributed by atoms with Crippen molar-refractivity contribution in [2.45, 2.75) is 6.92 Å². The lowest BCUT2D eigenvalue weighted by Gasteiger charge is -2.11. The van der Waals surface area contributed by atoms with Crippen molar-refractivity contribution in [3.05, 3.63) is 48.3 Å². The molecule has 0 radical (unpaired) electrons. The average Bonchev–Trinajstić information content (AvgIpc) is 2.66. The summed E-state index contributed by atoms with van der Waals surface area (Å²) in [6.07, 6.45) is 3.88. The van der Waals surface area contributed by atoms with Gasteiger partial charge in [0.1, 0.15) is 0 Å². The van der Waals surface area contributed by atoms with Gasteiger partial charge in [0.15, 0.2) is 35.4 Å². The van der Waals surface area contributed by atoms with Crippen molar-refractivity contribution in [1.82, 2.24) is 0 Å². The van der Waals surface area contributed by atoms with Crippen molar-refractivity contribution >= 4 is 27.1 Å². The smallest absolute Gasteiger partial charge is 0.219 e. The van der Waals surface area contributed by atoms with E-state index >= 15 is 0 Å². The number of aromatic nitrogens is 1. The van der Waals surface area contributed by atoms with Gasteiger partial charge in [-0.15, -0.1) is 0 Å². The summed E-state index contributed by atoms with van der Waals surface area (Å²) in [4.78, 5) is 0. The summed E-state index contributed by atoms with van der Waals surface area (Å²) in [6, 6.07) is 10.0. The second-order valence-corrected chi connectivity index (χ2v) is 6.25. The number of aryl methyl sites for hydroxylation is 1. The van der Waals surface area contributed by atoms with E-state index in [1.807, 2.05) is 48.0 Å². The number of aromatic hydroxyl groups is 1. The van der Waals surface area contributed by atoms with Crippen LogP contribution in [0.3, 0.4) is 0 Å². The van der Waals surface area contributed by atoms with Gasteiger partial charge in [-0.05, 0) is 41.5 Å². The zero-order valence-corrected chi connectivity index (χ0v) is 17.1. The monoisotopic (exact) mass is 429 g/mol. The molecule has 0 fully saturated rings. The topological polar surface area (TPSA) is 52.0 Å². The minimum atomic E-state index is 0. The molecule has 0 spiro atoms. The van der Waals surface area contributed by atoms with E-state index in [4.69, 9.17) is 14.2 Å². The van der Waals surface area contributed by atoms with Gasteiger partial charge in [0, 0.05) is 12.1 Å². The first-order chi connectivity index (χ1) is 12.6. The Morgan fingerprint density at radius 3 is 2.22 bits per heavy atom. The molecule has 0 aliphatic heterocycles. The summed E-state index contributed by atoms with van der Waals surface area (Å²) in [6.45, 7) is 1.92. The fraction of sp³-hybridized carbons (Fsp3) is 0.190. The number of hydrogen-bond acceptors (Lipinski definition) is 4. The highest BCUT2D eigenvalue weighted by atomic mass is 79.9. The molecule has 0 unspecified atom stereocenters. The largest absolute Gasteiger partial charge is 1.00 e. The van der Waals surface area contributed by atoms with Crippen molar-refractivity contribution in [2.75, 3.05) is 21.3 Å². The lowest BCUT2D eigenvalue weighted by atomic mass is 10.0. The molecular formula is C21H20BrNO4. The Labute approximate surface area is 167 Å². The Hall–Kier alpha value is -2.73. The van der Waals surface area contributed by atoms with Crippen LogP contribution in [0.1, 0.15) is 5.56 Å². The summed E-state index contributed by atoms with van der Waals surface area (Å²) in [5, 5.41) is 14.4. The first-order valence-electron chi connectivity index (χ1n) is 8.27. The molecule has 0 aliphatic carbocycles. The van der Waals surface area contributed by atoms with Crippen molar-refractivity contribution in [3.63, 3.8) is 0 Å². The Morgan fingerprint density at radius 1 is 0.852 bits per heavy atom. The van der Waals surface area contributed by atoms with Crippen LogP contribution in [0.15, 0.2) is 42.7 Å². The van der Waals surface area contributed by atoms with E-state index in [9.17, 15) is 5.11 Å². The minimum absolute atomic E-state index is 0. The third kappa shape index (κ3) is 2.90. The molecule has 0 aliphatic rings. The second kappa shape index (κ2) is 7.12. The highest BCUT2D eigenvalue weighted by Gasteiger charge is 2.18. The predicted molar refractivity (Wildman–Crippen MR) is 101 cm³/mol. The molecule has 6 heteroatoms. The Kier molecular flexibility index (Phi) is 5.02. The maximum atomic E-state index is 10.6. The van der Waals surface area contributed by atoms with Gasteiger partial charge in [0.05, 0.1) is 32.1 Å². The summed E-state index contributed by atoms with van der Waals surface area (Å²) in [5.74, 6) is 2.04. The molecule has 2 aromatic heterocycles.